The third-order valence-electron chi connectivity index (χ3n) is 3.57. The van der Waals surface area contributed by atoms with Crippen molar-refractivity contribution in [2.24, 2.45) is 11.7 Å². The van der Waals surface area contributed by atoms with E-state index in [0.717, 1.165) is 17.4 Å². The van der Waals surface area contributed by atoms with Gasteiger partial charge in [0.1, 0.15) is 0 Å². The molecule has 2 unspecified atom stereocenters. The molecule has 0 radical (unpaired) electrons. The van der Waals surface area contributed by atoms with Crippen LogP contribution in [0.3, 0.4) is 0 Å². The maximum atomic E-state index is 6.37. The highest BCUT2D eigenvalue weighted by Crippen LogP contribution is 2.31. The zero-order chi connectivity index (χ0) is 13.1. The highest BCUT2D eigenvalue weighted by atomic mass is 79.9. The molecule has 1 heterocycles. The highest BCUT2D eigenvalue weighted by molar-refractivity contribution is 9.10. The van der Waals surface area contributed by atoms with E-state index in [0.29, 0.717) is 12.0 Å². The molecular formula is C15H23BrN2. The monoisotopic (exact) mass is 310 g/mol. The van der Waals surface area contributed by atoms with Crippen molar-refractivity contribution < 1.29 is 0 Å². The van der Waals surface area contributed by atoms with Crippen molar-refractivity contribution in [3.05, 3.63) is 34.3 Å². The number of nitrogens with two attached hydrogens (primary N) is 1. The lowest BCUT2D eigenvalue weighted by atomic mass is 9.90. The van der Waals surface area contributed by atoms with Gasteiger partial charge in [0.2, 0.25) is 0 Å². The number of hydrogen-bond acceptors (Lipinski definition) is 2. The molecule has 1 aromatic rings. The molecule has 0 spiro atoms. The molecule has 18 heavy (non-hydrogen) atoms. The highest BCUT2D eigenvalue weighted by Gasteiger charge is 2.30. The Hall–Kier alpha value is -0.380. The smallest absolute Gasteiger partial charge is 0.0499 e. The molecular weight excluding hydrogens is 288 g/mol. The van der Waals surface area contributed by atoms with Crippen molar-refractivity contribution in [2.75, 3.05) is 13.1 Å². The van der Waals surface area contributed by atoms with Crippen molar-refractivity contribution in [1.29, 1.82) is 0 Å². The van der Waals surface area contributed by atoms with Crippen LogP contribution in [0.2, 0.25) is 0 Å². The molecule has 2 nitrogen and oxygen atoms in total. The first-order valence-corrected chi connectivity index (χ1v) is 7.62. The third-order valence-corrected chi connectivity index (χ3v) is 4.06. The number of piperidine rings is 1. The molecule has 0 aliphatic carbocycles. The SMILES string of the molecule is CC(C)CN1CCCC(N)C1c1cccc(Br)c1. The summed E-state index contributed by atoms with van der Waals surface area (Å²) in [5.74, 6) is 0.685. The van der Waals surface area contributed by atoms with Gasteiger partial charge in [-0.1, -0.05) is 41.9 Å². The molecule has 0 saturated carbocycles. The van der Waals surface area contributed by atoms with Gasteiger partial charge in [-0.2, -0.15) is 0 Å². The first-order valence-electron chi connectivity index (χ1n) is 6.83. The lowest BCUT2D eigenvalue weighted by Crippen LogP contribution is -2.47. The second kappa shape index (κ2) is 6.18. The molecule has 100 valence electrons. The van der Waals surface area contributed by atoms with Gasteiger partial charge in [-0.25, -0.2) is 0 Å². The lowest BCUT2D eigenvalue weighted by molar-refractivity contribution is 0.114. The minimum absolute atomic E-state index is 0.256. The van der Waals surface area contributed by atoms with E-state index in [4.69, 9.17) is 5.73 Å². The fraction of sp³-hybridized carbons (Fsp3) is 0.600. The fourth-order valence-electron chi connectivity index (χ4n) is 2.92. The summed E-state index contributed by atoms with van der Waals surface area (Å²) in [4.78, 5) is 2.56. The van der Waals surface area contributed by atoms with Crippen molar-refractivity contribution >= 4 is 15.9 Å². The average molecular weight is 311 g/mol. The van der Waals surface area contributed by atoms with E-state index in [1.807, 2.05) is 0 Å². The predicted octanol–water partition coefficient (Wildman–Crippen LogP) is 3.57. The maximum absolute atomic E-state index is 6.37. The first kappa shape index (κ1) is 14.0. The van der Waals surface area contributed by atoms with Gasteiger partial charge in [0.05, 0.1) is 0 Å². The quantitative estimate of drug-likeness (QED) is 0.924. The Bertz CT molecular complexity index is 392. The van der Waals surface area contributed by atoms with E-state index >= 15 is 0 Å². The van der Waals surface area contributed by atoms with Gasteiger partial charge in [-0.15, -0.1) is 0 Å². The minimum atomic E-state index is 0.256. The molecule has 0 amide bonds. The molecule has 0 bridgehead atoms. The zero-order valence-corrected chi connectivity index (χ0v) is 12.9. The number of benzene rings is 1. The van der Waals surface area contributed by atoms with E-state index in [9.17, 15) is 0 Å². The Morgan fingerprint density at radius 1 is 1.44 bits per heavy atom. The molecule has 2 atom stereocenters. The number of rotatable bonds is 3. The van der Waals surface area contributed by atoms with Gasteiger partial charge in [0.15, 0.2) is 0 Å². The minimum Gasteiger partial charge on any atom is -0.326 e. The van der Waals surface area contributed by atoms with Crippen LogP contribution in [-0.2, 0) is 0 Å². The van der Waals surface area contributed by atoms with E-state index in [2.05, 4.69) is 58.9 Å². The van der Waals surface area contributed by atoms with Crippen LogP contribution >= 0.6 is 15.9 Å². The van der Waals surface area contributed by atoms with Gasteiger partial charge < -0.3 is 5.73 Å². The molecule has 1 saturated heterocycles. The van der Waals surface area contributed by atoms with Gasteiger partial charge >= 0.3 is 0 Å². The van der Waals surface area contributed by atoms with Gasteiger partial charge in [0, 0.05) is 23.1 Å². The Kier molecular flexibility index (Phi) is 4.82. The van der Waals surface area contributed by atoms with E-state index in [1.54, 1.807) is 0 Å². The van der Waals surface area contributed by atoms with Crippen LogP contribution in [0.25, 0.3) is 0 Å². The standard InChI is InChI=1S/C15H23BrN2/c1-11(2)10-18-8-4-7-14(17)15(18)12-5-3-6-13(16)9-12/h3,5-6,9,11,14-15H,4,7-8,10,17H2,1-2H3. The van der Waals surface area contributed by atoms with Gasteiger partial charge in [-0.3, -0.25) is 4.90 Å². The summed E-state index contributed by atoms with van der Waals surface area (Å²) in [5, 5.41) is 0. The number of hydrogen-bond donors (Lipinski definition) is 1. The molecule has 1 aliphatic rings. The van der Waals surface area contributed by atoms with Crippen molar-refractivity contribution in [1.82, 2.24) is 4.90 Å². The molecule has 3 heteroatoms. The maximum Gasteiger partial charge on any atom is 0.0499 e. The van der Waals surface area contributed by atoms with E-state index < -0.39 is 0 Å². The summed E-state index contributed by atoms with van der Waals surface area (Å²) in [7, 11) is 0. The summed E-state index contributed by atoms with van der Waals surface area (Å²) in [6.07, 6.45) is 2.35. The van der Waals surface area contributed by atoms with E-state index in [1.165, 1.54) is 18.5 Å². The van der Waals surface area contributed by atoms with Crippen LogP contribution in [-0.4, -0.2) is 24.0 Å². The Labute approximate surface area is 119 Å². The number of halogens is 1. The summed E-state index contributed by atoms with van der Waals surface area (Å²) in [5.41, 5.74) is 7.71. The Morgan fingerprint density at radius 3 is 2.89 bits per heavy atom. The van der Waals surface area contributed by atoms with Crippen LogP contribution < -0.4 is 5.73 Å². The van der Waals surface area contributed by atoms with Crippen molar-refractivity contribution in [2.45, 2.75) is 38.8 Å². The summed E-state index contributed by atoms with van der Waals surface area (Å²) < 4.78 is 1.14. The molecule has 1 aromatic carbocycles. The fourth-order valence-corrected chi connectivity index (χ4v) is 3.34. The molecule has 2 rings (SSSR count). The van der Waals surface area contributed by atoms with Crippen LogP contribution in [0.15, 0.2) is 28.7 Å². The van der Waals surface area contributed by atoms with Crippen LogP contribution in [0.1, 0.15) is 38.3 Å². The lowest BCUT2D eigenvalue weighted by Gasteiger charge is -2.41. The Balaban J connectivity index is 2.24. The summed E-state index contributed by atoms with van der Waals surface area (Å²) in [6, 6.07) is 9.22. The average Bonchev–Trinajstić information content (AvgIpc) is 2.28. The summed E-state index contributed by atoms with van der Waals surface area (Å²) >= 11 is 3.56. The second-order valence-corrected chi connectivity index (χ2v) is 6.61. The molecule has 2 N–H and O–H groups in total. The van der Waals surface area contributed by atoms with Gasteiger partial charge in [-0.05, 0) is 43.0 Å². The zero-order valence-electron chi connectivity index (χ0n) is 11.3. The van der Waals surface area contributed by atoms with Crippen LogP contribution in [0.4, 0.5) is 0 Å². The summed E-state index contributed by atoms with van der Waals surface area (Å²) in [6.45, 7) is 6.85. The molecule has 1 aliphatic heterocycles. The Morgan fingerprint density at radius 2 is 2.22 bits per heavy atom. The normalized spacial score (nSPS) is 25.6. The van der Waals surface area contributed by atoms with Crippen LogP contribution in [0.5, 0.6) is 0 Å². The largest absolute Gasteiger partial charge is 0.326 e. The third kappa shape index (κ3) is 3.34. The number of nitrogens with zero attached hydrogens (tertiary/aromatic N) is 1. The van der Waals surface area contributed by atoms with E-state index in [-0.39, 0.29) is 6.04 Å². The van der Waals surface area contributed by atoms with Crippen molar-refractivity contribution in [3.63, 3.8) is 0 Å². The van der Waals surface area contributed by atoms with Gasteiger partial charge in [0.25, 0.3) is 0 Å². The second-order valence-electron chi connectivity index (χ2n) is 5.69. The molecule has 1 fully saturated rings. The topological polar surface area (TPSA) is 29.3 Å². The van der Waals surface area contributed by atoms with Crippen molar-refractivity contribution in [3.8, 4) is 0 Å². The predicted molar refractivity (Wildman–Crippen MR) is 80.5 cm³/mol. The number of likely N-dealkylation sites (tertiary alicyclic amines) is 1. The first-order chi connectivity index (χ1) is 8.58. The molecule has 0 aromatic heterocycles. The van der Waals surface area contributed by atoms with Crippen LogP contribution in [0, 0.1) is 5.92 Å².